The van der Waals surface area contributed by atoms with E-state index in [1.54, 1.807) is 43.4 Å². The van der Waals surface area contributed by atoms with Crippen molar-refractivity contribution in [1.82, 2.24) is 4.90 Å². The molecule has 4 rings (SSSR count). The van der Waals surface area contributed by atoms with Crippen LogP contribution in [0.15, 0.2) is 89.8 Å². The van der Waals surface area contributed by atoms with Gasteiger partial charge in [-0.3, -0.25) is 8.98 Å². The lowest BCUT2D eigenvalue weighted by atomic mass is 9.85. The summed E-state index contributed by atoms with van der Waals surface area (Å²) in [7, 11) is -2.58. The highest BCUT2D eigenvalue weighted by Gasteiger charge is 2.51. The van der Waals surface area contributed by atoms with Crippen LogP contribution in [-0.4, -0.2) is 43.5 Å². The first-order valence-corrected chi connectivity index (χ1v) is 11.7. The maximum Gasteiger partial charge on any atom is 0.297 e. The molecule has 1 amide bonds. The van der Waals surface area contributed by atoms with Crippen LogP contribution in [0.5, 0.6) is 0 Å². The Morgan fingerprint density at radius 1 is 0.906 bits per heavy atom. The molecule has 7 heteroatoms. The molecule has 1 saturated heterocycles. The molecule has 4 unspecified atom stereocenters. The number of likely N-dealkylation sites (tertiary alicyclic amines) is 1. The van der Waals surface area contributed by atoms with Crippen LogP contribution in [0.1, 0.15) is 28.7 Å². The second-order valence-corrected chi connectivity index (χ2v) is 9.59. The number of benzene rings is 3. The molecule has 0 aliphatic carbocycles. The third kappa shape index (κ3) is 4.19. The summed E-state index contributed by atoms with van der Waals surface area (Å²) in [6.45, 7) is 1.87. The van der Waals surface area contributed by atoms with Crippen molar-refractivity contribution < 1.29 is 22.5 Å². The Labute approximate surface area is 188 Å². The molecule has 1 fully saturated rings. The molecule has 3 aromatic carbocycles. The second kappa shape index (κ2) is 8.86. The van der Waals surface area contributed by atoms with E-state index in [4.69, 9.17) is 4.18 Å². The fourth-order valence-corrected chi connectivity index (χ4v) is 5.31. The van der Waals surface area contributed by atoms with Crippen molar-refractivity contribution in [3.05, 3.63) is 102 Å². The quantitative estimate of drug-likeness (QED) is 0.581. The molecule has 3 aromatic rings. The average Bonchev–Trinajstić information content (AvgIpc) is 3.03. The van der Waals surface area contributed by atoms with Crippen LogP contribution in [0.3, 0.4) is 0 Å². The number of carbonyl (C=O) groups is 1. The maximum absolute atomic E-state index is 13.2. The molecular formula is C25H25NO5S. The highest BCUT2D eigenvalue weighted by atomic mass is 32.2. The Kier molecular flexibility index (Phi) is 6.15. The van der Waals surface area contributed by atoms with Crippen molar-refractivity contribution in [2.24, 2.45) is 0 Å². The van der Waals surface area contributed by atoms with Gasteiger partial charge in [0.05, 0.1) is 10.9 Å². The summed E-state index contributed by atoms with van der Waals surface area (Å²) in [6, 6.07) is 23.7. The van der Waals surface area contributed by atoms with Crippen molar-refractivity contribution in [1.29, 1.82) is 0 Å². The lowest BCUT2D eigenvalue weighted by molar-refractivity contribution is -0.134. The van der Waals surface area contributed by atoms with Crippen LogP contribution in [0.2, 0.25) is 0 Å². The average molecular weight is 452 g/mol. The van der Waals surface area contributed by atoms with E-state index in [1.807, 2.05) is 43.3 Å². The third-order valence-corrected chi connectivity index (χ3v) is 7.23. The van der Waals surface area contributed by atoms with Gasteiger partial charge in [-0.05, 0) is 30.2 Å². The van der Waals surface area contributed by atoms with Crippen LogP contribution >= 0.6 is 0 Å². The number of rotatable bonds is 6. The molecule has 1 aliphatic rings. The molecule has 0 radical (unpaired) electrons. The Morgan fingerprint density at radius 3 is 2.06 bits per heavy atom. The monoisotopic (exact) mass is 451 g/mol. The summed E-state index contributed by atoms with van der Waals surface area (Å²) in [5.74, 6) is -1.13. The molecule has 0 bridgehead atoms. The Morgan fingerprint density at radius 2 is 1.47 bits per heavy atom. The number of aliphatic hydroxyl groups excluding tert-OH is 1. The number of hydrogen-bond donors (Lipinski definition) is 1. The molecule has 4 atom stereocenters. The van der Waals surface area contributed by atoms with Gasteiger partial charge in [0.25, 0.3) is 16.0 Å². The molecule has 1 N–H and O–H groups in total. The third-order valence-electron chi connectivity index (χ3n) is 5.92. The van der Waals surface area contributed by atoms with Gasteiger partial charge in [0.1, 0.15) is 12.2 Å². The normalized spacial score (nSPS) is 22.2. The van der Waals surface area contributed by atoms with Crippen molar-refractivity contribution in [3.8, 4) is 0 Å². The lowest BCUT2D eigenvalue weighted by Gasteiger charge is -2.32. The summed E-state index contributed by atoms with van der Waals surface area (Å²) >= 11 is 0. The van der Waals surface area contributed by atoms with Crippen LogP contribution in [-0.2, 0) is 19.1 Å². The number of hydrogen-bond acceptors (Lipinski definition) is 5. The molecular weight excluding hydrogens is 426 g/mol. The molecule has 166 valence electrons. The highest BCUT2D eigenvalue weighted by molar-refractivity contribution is 7.86. The van der Waals surface area contributed by atoms with E-state index in [9.17, 15) is 18.3 Å². The van der Waals surface area contributed by atoms with Gasteiger partial charge in [-0.15, -0.1) is 0 Å². The summed E-state index contributed by atoms with van der Waals surface area (Å²) in [4.78, 5) is 14.2. The standard InChI is InChI=1S/C25H25NO5S/c1-17-13-15-20(16-14-17)32(29,30)31-24(19-11-7-4-8-12-19)22-21(18-9-5-3-6-10-18)23(27)25(28)26(22)2/h3-16,21-24,27H,1-2H3. The van der Waals surface area contributed by atoms with E-state index in [0.29, 0.717) is 5.56 Å². The molecule has 1 heterocycles. The van der Waals surface area contributed by atoms with Crippen LogP contribution in [0, 0.1) is 6.92 Å². The van der Waals surface area contributed by atoms with Gasteiger partial charge in [-0.25, -0.2) is 0 Å². The van der Waals surface area contributed by atoms with Crippen molar-refractivity contribution in [2.75, 3.05) is 7.05 Å². The fraction of sp³-hybridized carbons (Fsp3) is 0.240. The first-order chi connectivity index (χ1) is 15.3. The van der Waals surface area contributed by atoms with Gasteiger partial charge in [0.2, 0.25) is 0 Å². The first kappa shape index (κ1) is 22.2. The largest absolute Gasteiger partial charge is 0.383 e. The summed E-state index contributed by atoms with van der Waals surface area (Å²) in [5, 5.41) is 10.8. The molecule has 1 aliphatic heterocycles. The van der Waals surface area contributed by atoms with E-state index in [-0.39, 0.29) is 4.90 Å². The number of likely N-dealkylation sites (N-methyl/N-ethyl adjacent to an activating group) is 1. The maximum atomic E-state index is 13.2. The van der Waals surface area contributed by atoms with E-state index < -0.39 is 40.2 Å². The van der Waals surface area contributed by atoms with Crippen molar-refractivity contribution >= 4 is 16.0 Å². The van der Waals surface area contributed by atoms with Crippen LogP contribution < -0.4 is 0 Å². The predicted molar refractivity (Wildman–Crippen MR) is 120 cm³/mol. The van der Waals surface area contributed by atoms with E-state index in [2.05, 4.69) is 0 Å². The molecule has 6 nitrogen and oxygen atoms in total. The Bertz CT molecular complexity index is 1180. The molecule has 0 aromatic heterocycles. The summed E-state index contributed by atoms with van der Waals surface area (Å²) in [6.07, 6.45) is -2.32. The minimum Gasteiger partial charge on any atom is -0.383 e. The minimum atomic E-state index is -4.15. The lowest BCUT2D eigenvalue weighted by Crippen LogP contribution is -2.38. The van der Waals surface area contributed by atoms with Gasteiger partial charge in [0, 0.05) is 13.0 Å². The van der Waals surface area contributed by atoms with Gasteiger partial charge in [0.15, 0.2) is 0 Å². The number of aryl methyl sites for hydroxylation is 1. The summed E-state index contributed by atoms with van der Waals surface area (Å²) < 4.78 is 32.2. The Hall–Kier alpha value is -3.00. The highest BCUT2D eigenvalue weighted by Crippen LogP contribution is 2.43. The molecule has 0 spiro atoms. The molecule has 0 saturated carbocycles. The zero-order chi connectivity index (χ0) is 22.9. The van der Waals surface area contributed by atoms with Gasteiger partial charge in [-0.1, -0.05) is 78.4 Å². The van der Waals surface area contributed by atoms with Crippen molar-refractivity contribution in [2.45, 2.75) is 36.0 Å². The topological polar surface area (TPSA) is 83.9 Å². The number of amides is 1. The number of nitrogens with zero attached hydrogens (tertiary/aromatic N) is 1. The van der Waals surface area contributed by atoms with E-state index in [1.165, 1.54) is 17.0 Å². The molecule has 32 heavy (non-hydrogen) atoms. The van der Waals surface area contributed by atoms with Gasteiger partial charge >= 0.3 is 0 Å². The SMILES string of the molecule is Cc1ccc(S(=O)(=O)OC(c2ccccc2)C2C(c3ccccc3)C(O)C(=O)N2C)cc1. The second-order valence-electron chi connectivity index (χ2n) is 8.02. The first-order valence-electron chi connectivity index (χ1n) is 10.3. The predicted octanol–water partition coefficient (Wildman–Crippen LogP) is 3.43. The zero-order valence-corrected chi connectivity index (χ0v) is 18.6. The van der Waals surface area contributed by atoms with Crippen LogP contribution in [0.25, 0.3) is 0 Å². The van der Waals surface area contributed by atoms with E-state index >= 15 is 0 Å². The Balaban J connectivity index is 1.81. The minimum absolute atomic E-state index is 0.0350. The van der Waals surface area contributed by atoms with Gasteiger partial charge < -0.3 is 10.0 Å². The summed E-state index contributed by atoms with van der Waals surface area (Å²) in [5.41, 5.74) is 2.26. The van der Waals surface area contributed by atoms with Gasteiger partial charge in [-0.2, -0.15) is 8.42 Å². The fourth-order valence-electron chi connectivity index (χ4n) is 4.23. The number of carbonyl (C=O) groups excluding carboxylic acids is 1. The smallest absolute Gasteiger partial charge is 0.297 e. The van der Waals surface area contributed by atoms with Crippen LogP contribution in [0.4, 0.5) is 0 Å². The number of aliphatic hydroxyl groups is 1. The van der Waals surface area contributed by atoms with Crippen molar-refractivity contribution in [3.63, 3.8) is 0 Å². The van der Waals surface area contributed by atoms with E-state index in [0.717, 1.165) is 11.1 Å². The zero-order valence-electron chi connectivity index (χ0n) is 17.8.